The van der Waals surface area contributed by atoms with Gasteiger partial charge in [-0.2, -0.15) is 4.31 Å². The molecule has 200 valence electrons. The average Bonchev–Trinajstić information content (AvgIpc) is 2.91. The zero-order chi connectivity index (χ0) is 26.8. The van der Waals surface area contributed by atoms with Gasteiger partial charge in [-0.25, -0.2) is 17.6 Å². The Hall–Kier alpha value is -3.25. The molecule has 37 heavy (non-hydrogen) atoms. The number of nitrogens with zero attached hydrogens (tertiary/aromatic N) is 1. The van der Waals surface area contributed by atoms with Crippen LogP contribution in [-0.2, 0) is 29.0 Å². The lowest BCUT2D eigenvalue weighted by Gasteiger charge is -2.30. The number of rotatable bonds is 13. The SMILES string of the molecule is C=CCOC(=O)C1=C[C@H](c2ccc(F)cc2)C[C@H](OCCN(CCO)S(=O)(=O)c2ccc(OC)cc2)O1. The molecule has 1 aliphatic rings. The van der Waals surface area contributed by atoms with Crippen LogP contribution in [0, 0.1) is 5.82 Å². The molecule has 11 heteroatoms. The van der Waals surface area contributed by atoms with Gasteiger partial charge in [0.05, 0.1) is 25.2 Å². The van der Waals surface area contributed by atoms with Crippen molar-refractivity contribution >= 4 is 16.0 Å². The first-order valence-corrected chi connectivity index (χ1v) is 13.0. The highest BCUT2D eigenvalue weighted by atomic mass is 32.2. The van der Waals surface area contributed by atoms with E-state index in [1.54, 1.807) is 18.2 Å². The summed E-state index contributed by atoms with van der Waals surface area (Å²) in [6.07, 6.45) is 2.41. The predicted octanol–water partition coefficient (Wildman–Crippen LogP) is 2.98. The number of aliphatic hydroxyl groups excluding tert-OH is 1. The zero-order valence-electron chi connectivity index (χ0n) is 20.4. The van der Waals surface area contributed by atoms with Gasteiger partial charge in [0.15, 0.2) is 0 Å². The molecule has 0 aromatic heterocycles. The zero-order valence-corrected chi connectivity index (χ0v) is 21.2. The van der Waals surface area contributed by atoms with E-state index in [4.69, 9.17) is 18.9 Å². The minimum atomic E-state index is -3.92. The van der Waals surface area contributed by atoms with Crippen molar-refractivity contribution in [1.82, 2.24) is 4.31 Å². The van der Waals surface area contributed by atoms with Gasteiger partial charge < -0.3 is 24.1 Å². The molecule has 1 heterocycles. The highest BCUT2D eigenvalue weighted by molar-refractivity contribution is 7.89. The van der Waals surface area contributed by atoms with Gasteiger partial charge in [-0.1, -0.05) is 24.8 Å². The summed E-state index contributed by atoms with van der Waals surface area (Å²) >= 11 is 0. The van der Waals surface area contributed by atoms with E-state index in [0.29, 0.717) is 12.2 Å². The second kappa shape index (κ2) is 13.3. The van der Waals surface area contributed by atoms with Gasteiger partial charge in [0.1, 0.15) is 18.2 Å². The summed E-state index contributed by atoms with van der Waals surface area (Å²) in [5.41, 5.74) is 0.747. The Labute approximate surface area is 215 Å². The molecular formula is C26H30FNO8S. The number of esters is 1. The van der Waals surface area contributed by atoms with Gasteiger partial charge in [-0.05, 0) is 48.0 Å². The molecule has 1 N–H and O–H groups in total. The fourth-order valence-corrected chi connectivity index (χ4v) is 5.11. The third-order valence-electron chi connectivity index (χ3n) is 5.58. The predicted molar refractivity (Wildman–Crippen MR) is 133 cm³/mol. The van der Waals surface area contributed by atoms with Crippen molar-refractivity contribution in [3.05, 3.63) is 84.4 Å². The third-order valence-corrected chi connectivity index (χ3v) is 7.49. The number of carbonyl (C=O) groups excluding carboxylic acids is 1. The van der Waals surface area contributed by atoms with Gasteiger partial charge in [-0.15, -0.1) is 0 Å². The van der Waals surface area contributed by atoms with Gasteiger partial charge in [-0.3, -0.25) is 0 Å². The highest BCUT2D eigenvalue weighted by Gasteiger charge is 2.30. The van der Waals surface area contributed by atoms with E-state index < -0.39 is 22.3 Å². The third kappa shape index (κ3) is 7.62. The van der Waals surface area contributed by atoms with Crippen LogP contribution < -0.4 is 4.74 Å². The van der Waals surface area contributed by atoms with E-state index >= 15 is 0 Å². The molecular weight excluding hydrogens is 505 g/mol. The Balaban J connectivity index is 1.71. The van der Waals surface area contributed by atoms with Gasteiger partial charge in [0.25, 0.3) is 0 Å². The second-order valence-corrected chi connectivity index (χ2v) is 9.97. The molecule has 0 bridgehead atoms. The maximum Gasteiger partial charge on any atom is 0.373 e. The maximum absolute atomic E-state index is 13.4. The molecule has 1 aliphatic heterocycles. The molecule has 0 unspecified atom stereocenters. The van der Waals surface area contributed by atoms with Crippen molar-refractivity contribution in [2.24, 2.45) is 0 Å². The minimum absolute atomic E-state index is 0.00832. The summed E-state index contributed by atoms with van der Waals surface area (Å²) < 4.78 is 62.3. The summed E-state index contributed by atoms with van der Waals surface area (Å²) in [6, 6.07) is 11.8. The van der Waals surface area contributed by atoms with Crippen molar-refractivity contribution < 1.29 is 41.7 Å². The number of benzene rings is 2. The van der Waals surface area contributed by atoms with Crippen LogP contribution in [0.3, 0.4) is 0 Å². The first kappa shape index (κ1) is 28.3. The number of hydrogen-bond donors (Lipinski definition) is 1. The van der Waals surface area contributed by atoms with Crippen LogP contribution >= 0.6 is 0 Å². The van der Waals surface area contributed by atoms with Crippen LogP contribution in [0.2, 0.25) is 0 Å². The van der Waals surface area contributed by atoms with Crippen LogP contribution in [0.4, 0.5) is 4.39 Å². The normalized spacial score (nSPS) is 17.6. The fourth-order valence-electron chi connectivity index (χ4n) is 3.70. The molecule has 0 aliphatic carbocycles. The van der Waals surface area contributed by atoms with Crippen molar-refractivity contribution in [3.8, 4) is 5.75 Å². The number of aliphatic hydroxyl groups is 1. The smallest absolute Gasteiger partial charge is 0.373 e. The van der Waals surface area contributed by atoms with Crippen LogP contribution in [-0.4, -0.2) is 70.1 Å². The van der Waals surface area contributed by atoms with Crippen molar-refractivity contribution in [1.29, 1.82) is 0 Å². The van der Waals surface area contributed by atoms with Gasteiger partial charge >= 0.3 is 5.97 Å². The molecule has 2 atom stereocenters. The first-order chi connectivity index (χ1) is 17.8. The molecule has 0 saturated carbocycles. The van der Waals surface area contributed by atoms with E-state index in [9.17, 15) is 22.7 Å². The minimum Gasteiger partial charge on any atom is -0.497 e. The molecule has 0 fully saturated rings. The number of allylic oxidation sites excluding steroid dienone is 1. The van der Waals surface area contributed by atoms with Crippen LogP contribution in [0.5, 0.6) is 5.75 Å². The van der Waals surface area contributed by atoms with E-state index in [1.807, 2.05) is 0 Å². The van der Waals surface area contributed by atoms with Gasteiger partial charge in [0, 0.05) is 25.4 Å². The topological polar surface area (TPSA) is 112 Å². The van der Waals surface area contributed by atoms with E-state index in [-0.39, 0.29) is 55.3 Å². The Morgan fingerprint density at radius 1 is 1.19 bits per heavy atom. The van der Waals surface area contributed by atoms with E-state index in [0.717, 1.165) is 9.87 Å². The van der Waals surface area contributed by atoms with Crippen molar-refractivity contribution in [2.45, 2.75) is 23.5 Å². The Morgan fingerprint density at radius 2 is 1.89 bits per heavy atom. The Kier molecular flexibility index (Phi) is 10.2. The summed E-state index contributed by atoms with van der Waals surface area (Å²) in [4.78, 5) is 12.5. The summed E-state index contributed by atoms with van der Waals surface area (Å²) in [6.45, 7) is 2.83. The maximum atomic E-state index is 13.4. The monoisotopic (exact) mass is 535 g/mol. The number of methoxy groups -OCH3 is 1. The van der Waals surface area contributed by atoms with Crippen LogP contribution in [0.15, 0.2) is 77.9 Å². The summed E-state index contributed by atoms with van der Waals surface area (Å²) in [7, 11) is -2.44. The molecule has 0 saturated heterocycles. The Bertz CT molecular complexity index is 1180. The lowest BCUT2D eigenvalue weighted by Crippen LogP contribution is -2.37. The molecule has 0 spiro atoms. The number of carbonyl (C=O) groups is 1. The average molecular weight is 536 g/mol. The lowest BCUT2D eigenvalue weighted by atomic mass is 9.93. The molecule has 9 nitrogen and oxygen atoms in total. The van der Waals surface area contributed by atoms with Gasteiger partial charge in [0.2, 0.25) is 22.1 Å². The second-order valence-electron chi connectivity index (χ2n) is 8.03. The highest BCUT2D eigenvalue weighted by Crippen LogP contribution is 2.32. The van der Waals surface area contributed by atoms with Crippen LogP contribution in [0.25, 0.3) is 0 Å². The molecule has 2 aromatic carbocycles. The summed E-state index contributed by atoms with van der Waals surface area (Å²) in [5, 5.41) is 9.44. The standard InChI is InChI=1S/C26H30FNO8S/c1-3-15-35-26(30)24-17-20(19-4-6-21(27)7-5-19)18-25(36-24)34-16-13-28(12-14-29)37(31,32)23-10-8-22(33-2)9-11-23/h3-11,17,20,25,29H,1,12-16,18H2,2H3/t20-,25+/m0/s1. The molecule has 0 radical (unpaired) electrons. The van der Waals surface area contributed by atoms with Crippen molar-refractivity contribution in [3.63, 3.8) is 0 Å². The lowest BCUT2D eigenvalue weighted by molar-refractivity contribution is -0.160. The van der Waals surface area contributed by atoms with E-state index in [1.165, 1.54) is 49.6 Å². The summed E-state index contributed by atoms with van der Waals surface area (Å²) in [5.74, 6) is -0.978. The fraction of sp³-hybridized carbons (Fsp3) is 0.346. The quantitative estimate of drug-likeness (QED) is 0.308. The number of hydrogen-bond acceptors (Lipinski definition) is 8. The molecule has 3 rings (SSSR count). The van der Waals surface area contributed by atoms with Crippen molar-refractivity contribution in [2.75, 3.05) is 40.0 Å². The largest absolute Gasteiger partial charge is 0.497 e. The van der Waals surface area contributed by atoms with Crippen LogP contribution in [0.1, 0.15) is 17.9 Å². The number of halogens is 1. The van der Waals surface area contributed by atoms with E-state index in [2.05, 4.69) is 6.58 Å². The number of ether oxygens (including phenoxy) is 4. The Morgan fingerprint density at radius 3 is 2.51 bits per heavy atom. The molecule has 2 aromatic rings. The number of sulfonamides is 1. The first-order valence-electron chi connectivity index (χ1n) is 11.6. The molecule has 0 amide bonds.